The van der Waals surface area contributed by atoms with Crippen LogP contribution < -0.4 is 0 Å². The van der Waals surface area contributed by atoms with Gasteiger partial charge in [-0.1, -0.05) is 51.4 Å². The number of fused-ring (bicyclic) bond motifs is 2. The molecule has 0 saturated carbocycles. The summed E-state index contributed by atoms with van der Waals surface area (Å²) in [4.78, 5) is 0. The predicted octanol–water partition coefficient (Wildman–Crippen LogP) is 6.69. The summed E-state index contributed by atoms with van der Waals surface area (Å²) in [6.45, 7) is 2.05. The standard InChI is InChI=1S/2C9H11.C3H6.2ClH.Zr/c2*1-2-5-9-7-3-6-8(9)4-1;1-3-2;;;/h2*3,6-7H,1-2,4-5H2;1H,3H2,2H3;2*1H;/q2*-1;;;;+2/p-2. The summed E-state index contributed by atoms with van der Waals surface area (Å²) in [6.07, 6.45) is 11.9. The number of hydrogen-bond donors (Lipinski definition) is 0. The second kappa shape index (κ2) is 11.6. The first kappa shape index (κ1) is 20.3. The van der Waals surface area contributed by atoms with Gasteiger partial charge in [-0.15, -0.1) is 0 Å². The van der Waals surface area contributed by atoms with E-state index in [-0.39, 0.29) is 0 Å². The van der Waals surface area contributed by atoms with E-state index in [2.05, 4.69) is 36.4 Å². The van der Waals surface area contributed by atoms with Crippen molar-refractivity contribution in [3.8, 4) is 0 Å². The van der Waals surface area contributed by atoms with Crippen molar-refractivity contribution in [2.45, 2.75) is 64.7 Å². The third-order valence-corrected chi connectivity index (χ3v) is 8.25. The Morgan fingerprint density at radius 1 is 0.875 bits per heavy atom. The summed E-state index contributed by atoms with van der Waals surface area (Å²) in [6, 6.07) is 13.4. The van der Waals surface area contributed by atoms with E-state index < -0.39 is 18.9 Å². The third-order valence-electron chi connectivity index (χ3n) is 4.66. The fraction of sp³-hybridized carbons (Fsp3) is 0.476. The number of aryl methyl sites for hydroxylation is 4. The summed E-state index contributed by atoms with van der Waals surface area (Å²) in [5, 5.41) is 0. The van der Waals surface area contributed by atoms with Gasteiger partial charge in [0, 0.05) is 0 Å². The Kier molecular flexibility index (Phi) is 9.84. The van der Waals surface area contributed by atoms with Gasteiger partial charge in [-0.25, -0.2) is 12.1 Å². The molecule has 0 amide bonds. The van der Waals surface area contributed by atoms with Crippen LogP contribution in [0.4, 0.5) is 0 Å². The maximum Gasteiger partial charge on any atom is -0.0512 e. The van der Waals surface area contributed by atoms with Crippen LogP contribution in [-0.2, 0) is 44.6 Å². The fourth-order valence-electron chi connectivity index (χ4n) is 3.38. The minimum absolute atomic E-state index is 1.03. The maximum atomic E-state index is 5.48. The topological polar surface area (TPSA) is 0 Å². The van der Waals surface area contributed by atoms with E-state index in [1.165, 1.54) is 51.4 Å². The zero-order valence-electron chi connectivity index (χ0n) is 14.7. The van der Waals surface area contributed by atoms with E-state index in [0.29, 0.717) is 0 Å². The average molecular weight is 443 g/mol. The Hall–Kier alpha value is 0.0331. The number of halogens is 2. The van der Waals surface area contributed by atoms with E-state index in [1.807, 2.05) is 10.6 Å². The van der Waals surface area contributed by atoms with Crippen molar-refractivity contribution in [3.63, 3.8) is 0 Å². The Bertz CT molecular complexity index is 530. The van der Waals surface area contributed by atoms with Crippen LogP contribution in [0.5, 0.6) is 0 Å². The molecular formula is C21H28Cl2Zr-2. The van der Waals surface area contributed by atoms with Crippen LogP contribution in [0.15, 0.2) is 36.4 Å². The van der Waals surface area contributed by atoms with Gasteiger partial charge in [0.15, 0.2) is 0 Å². The molecule has 3 heteroatoms. The molecule has 132 valence electrons. The Balaban J connectivity index is 0.000000134. The molecule has 0 bridgehead atoms. The second-order valence-electron chi connectivity index (χ2n) is 6.47. The van der Waals surface area contributed by atoms with Gasteiger partial charge in [-0.3, -0.25) is 0 Å². The molecule has 2 aromatic carbocycles. The molecule has 0 heterocycles. The molecule has 4 rings (SSSR count). The largest absolute Gasteiger partial charge is 0.210 e. The molecule has 0 spiro atoms. The monoisotopic (exact) mass is 440 g/mol. The van der Waals surface area contributed by atoms with Crippen LogP contribution >= 0.6 is 17.0 Å². The van der Waals surface area contributed by atoms with Gasteiger partial charge < -0.3 is 0 Å². The summed E-state index contributed by atoms with van der Waals surface area (Å²) in [7, 11) is 11.0. The first-order chi connectivity index (χ1) is 11.7. The predicted molar refractivity (Wildman–Crippen MR) is 105 cm³/mol. The van der Waals surface area contributed by atoms with Crippen LogP contribution in [-0.4, -0.2) is 3.71 Å². The minimum Gasteiger partial charge on any atom is -0.210 e. The van der Waals surface area contributed by atoms with Crippen LogP contribution in [0.2, 0.25) is 0 Å². The zero-order chi connectivity index (χ0) is 17.2. The Morgan fingerprint density at radius 2 is 1.33 bits per heavy atom. The van der Waals surface area contributed by atoms with Crippen LogP contribution in [0.25, 0.3) is 0 Å². The summed E-state index contributed by atoms with van der Waals surface area (Å²) < 4.78 is 2.02. The summed E-state index contributed by atoms with van der Waals surface area (Å²) in [5.41, 5.74) is 6.39. The van der Waals surface area contributed by atoms with Crippen molar-refractivity contribution in [1.82, 2.24) is 0 Å². The molecule has 0 fully saturated rings. The van der Waals surface area contributed by atoms with E-state index in [4.69, 9.17) is 17.0 Å². The summed E-state index contributed by atoms with van der Waals surface area (Å²) in [5.74, 6) is 0. The molecule has 0 saturated heterocycles. The van der Waals surface area contributed by atoms with Crippen molar-refractivity contribution in [1.29, 1.82) is 0 Å². The molecule has 2 aliphatic carbocycles. The van der Waals surface area contributed by atoms with Crippen molar-refractivity contribution in [3.05, 3.63) is 58.7 Å². The molecule has 0 aliphatic heterocycles. The second-order valence-corrected chi connectivity index (χ2v) is 14.9. The van der Waals surface area contributed by atoms with Crippen LogP contribution in [0, 0.1) is 0 Å². The molecule has 0 radical (unpaired) electrons. The van der Waals surface area contributed by atoms with Gasteiger partial charge in [0.1, 0.15) is 0 Å². The van der Waals surface area contributed by atoms with E-state index in [1.54, 1.807) is 22.3 Å². The van der Waals surface area contributed by atoms with Gasteiger partial charge in [0.05, 0.1) is 0 Å². The fourth-order valence-corrected chi connectivity index (χ4v) is 5.96. The van der Waals surface area contributed by atoms with Gasteiger partial charge >= 0.3 is 53.0 Å². The molecule has 0 unspecified atom stereocenters. The van der Waals surface area contributed by atoms with Gasteiger partial charge in [-0.2, -0.15) is 46.5 Å². The van der Waals surface area contributed by atoms with Gasteiger partial charge in [0.25, 0.3) is 0 Å². The van der Waals surface area contributed by atoms with Crippen LogP contribution in [0.3, 0.4) is 0 Å². The van der Waals surface area contributed by atoms with Crippen molar-refractivity contribution in [2.24, 2.45) is 0 Å². The smallest absolute Gasteiger partial charge is 0.0512 e. The first-order valence-electron chi connectivity index (χ1n) is 9.18. The average Bonchev–Trinajstić information content (AvgIpc) is 3.25. The Labute approximate surface area is 162 Å². The SMILES string of the molecule is CC[CH]=[Zr]([Cl])[Cl].c1cc2c([cH-]1)CCCC2.c1cc2c([cH-]1)CCCC2. The first-order valence-corrected chi connectivity index (χ1v) is 16.9. The molecular weight excluding hydrogens is 414 g/mol. The maximum absolute atomic E-state index is 5.48. The normalized spacial score (nSPS) is 15.0. The molecule has 0 aromatic heterocycles. The van der Waals surface area contributed by atoms with Gasteiger partial charge in [-0.05, 0) is 0 Å². The number of hydrogen-bond acceptors (Lipinski definition) is 0. The van der Waals surface area contributed by atoms with E-state index >= 15 is 0 Å². The van der Waals surface area contributed by atoms with Crippen LogP contribution in [0.1, 0.15) is 61.3 Å². The molecule has 0 nitrogen and oxygen atoms in total. The molecule has 2 aromatic rings. The Morgan fingerprint density at radius 3 is 1.67 bits per heavy atom. The molecule has 24 heavy (non-hydrogen) atoms. The molecule has 0 N–H and O–H groups in total. The van der Waals surface area contributed by atoms with Crippen molar-refractivity contribution >= 4 is 20.7 Å². The minimum atomic E-state index is -1.80. The van der Waals surface area contributed by atoms with Gasteiger partial charge in [0.2, 0.25) is 0 Å². The van der Waals surface area contributed by atoms with E-state index in [0.717, 1.165) is 6.42 Å². The third kappa shape index (κ3) is 7.11. The quantitative estimate of drug-likeness (QED) is 0.432. The molecule has 2 aliphatic rings. The van der Waals surface area contributed by atoms with Crippen molar-refractivity contribution in [2.75, 3.05) is 0 Å². The summed E-state index contributed by atoms with van der Waals surface area (Å²) >= 11 is -1.80. The van der Waals surface area contributed by atoms with Crippen molar-refractivity contribution < 1.29 is 18.9 Å². The number of rotatable bonds is 1. The van der Waals surface area contributed by atoms with E-state index in [9.17, 15) is 0 Å². The zero-order valence-corrected chi connectivity index (χ0v) is 18.6. The molecule has 0 atom stereocenters.